The van der Waals surface area contributed by atoms with E-state index in [1.165, 1.54) is 0 Å². The van der Waals surface area contributed by atoms with E-state index < -0.39 is 21.6 Å². The van der Waals surface area contributed by atoms with Crippen LogP contribution in [0, 0.1) is 5.82 Å². The van der Waals surface area contributed by atoms with Gasteiger partial charge in [-0.2, -0.15) is 0 Å². The van der Waals surface area contributed by atoms with E-state index in [4.69, 9.17) is 10.5 Å². The van der Waals surface area contributed by atoms with Gasteiger partial charge < -0.3 is 10.5 Å². The van der Waals surface area contributed by atoms with Crippen molar-refractivity contribution in [2.45, 2.75) is 11.5 Å². The highest BCUT2D eigenvalue weighted by Gasteiger charge is 2.18. The van der Waals surface area contributed by atoms with Crippen LogP contribution in [0.4, 0.5) is 10.1 Å². The van der Waals surface area contributed by atoms with Crippen molar-refractivity contribution in [1.82, 2.24) is 0 Å². The van der Waals surface area contributed by atoms with Gasteiger partial charge in [0.05, 0.1) is 17.2 Å². The molecule has 2 aromatic carbocycles. The Kier molecular flexibility index (Phi) is 4.36. The number of anilines is 1. The maximum Gasteiger partial charge on any atom is 0.204 e. The van der Waals surface area contributed by atoms with Gasteiger partial charge in [0.2, 0.25) is 9.84 Å². The normalized spacial score (nSPS) is 11.4. The molecule has 0 bridgehead atoms. The molecule has 0 amide bonds. The molecule has 0 atom stereocenters. The number of benzene rings is 2. The third kappa shape index (κ3) is 3.55. The first kappa shape index (κ1) is 14.5. The lowest BCUT2D eigenvalue weighted by atomic mass is 10.2. The van der Waals surface area contributed by atoms with E-state index in [0.717, 1.165) is 23.8 Å². The summed E-state index contributed by atoms with van der Waals surface area (Å²) >= 11 is 0. The largest absolute Gasteiger partial charge is 0.398 e. The molecule has 20 heavy (non-hydrogen) atoms. The quantitative estimate of drug-likeness (QED) is 0.679. The van der Waals surface area contributed by atoms with E-state index in [2.05, 4.69) is 0 Å². The van der Waals surface area contributed by atoms with Crippen LogP contribution in [0.1, 0.15) is 5.56 Å². The van der Waals surface area contributed by atoms with Crippen molar-refractivity contribution in [1.29, 1.82) is 0 Å². The average molecular weight is 295 g/mol. The predicted molar refractivity (Wildman–Crippen MR) is 74.1 cm³/mol. The van der Waals surface area contributed by atoms with Gasteiger partial charge in [-0.25, -0.2) is 12.8 Å². The molecule has 0 aliphatic carbocycles. The molecular weight excluding hydrogens is 281 g/mol. The summed E-state index contributed by atoms with van der Waals surface area (Å²) in [5.74, 6) is -1.08. The fourth-order valence-corrected chi connectivity index (χ4v) is 2.83. The molecule has 0 fully saturated rings. The number of sulfone groups is 1. The average Bonchev–Trinajstić information content (AvgIpc) is 2.39. The van der Waals surface area contributed by atoms with E-state index >= 15 is 0 Å². The molecule has 0 saturated heterocycles. The predicted octanol–water partition coefficient (Wildman–Crippen LogP) is 2.36. The van der Waals surface area contributed by atoms with Crippen molar-refractivity contribution in [2.75, 3.05) is 11.7 Å². The Balaban J connectivity index is 2.04. The van der Waals surface area contributed by atoms with Gasteiger partial charge in [0.15, 0.2) is 5.94 Å². The lowest BCUT2D eigenvalue weighted by molar-refractivity contribution is 0.163. The minimum absolute atomic E-state index is 0.117. The van der Waals surface area contributed by atoms with Crippen LogP contribution in [0.25, 0.3) is 0 Å². The number of nitrogen functional groups attached to an aromatic ring is 1. The van der Waals surface area contributed by atoms with Gasteiger partial charge >= 0.3 is 0 Å². The first-order valence-corrected chi connectivity index (χ1v) is 7.54. The van der Waals surface area contributed by atoms with E-state index in [0.29, 0.717) is 0 Å². The number of ether oxygens (including phenoxy) is 1. The highest BCUT2D eigenvalue weighted by Crippen LogP contribution is 2.20. The van der Waals surface area contributed by atoms with Crippen molar-refractivity contribution >= 4 is 15.5 Å². The summed E-state index contributed by atoms with van der Waals surface area (Å²) in [6.07, 6.45) is 0. The smallest absolute Gasteiger partial charge is 0.204 e. The molecule has 0 aliphatic heterocycles. The molecule has 0 heterocycles. The summed E-state index contributed by atoms with van der Waals surface area (Å²) in [5, 5.41) is 0. The zero-order valence-electron chi connectivity index (χ0n) is 10.6. The summed E-state index contributed by atoms with van der Waals surface area (Å²) < 4.78 is 42.1. The lowest BCUT2D eigenvalue weighted by Gasteiger charge is -2.08. The zero-order chi connectivity index (χ0) is 14.6. The minimum Gasteiger partial charge on any atom is -0.398 e. The Hall–Kier alpha value is -1.92. The molecule has 4 nitrogen and oxygen atoms in total. The van der Waals surface area contributed by atoms with Crippen molar-refractivity contribution in [3.05, 3.63) is 59.9 Å². The molecule has 2 aromatic rings. The van der Waals surface area contributed by atoms with Gasteiger partial charge in [0, 0.05) is 0 Å². The molecule has 6 heteroatoms. The Morgan fingerprint density at radius 2 is 1.80 bits per heavy atom. The van der Waals surface area contributed by atoms with E-state index in [1.54, 1.807) is 0 Å². The highest BCUT2D eigenvalue weighted by atomic mass is 32.2. The molecule has 0 radical (unpaired) electrons. The molecule has 2 N–H and O–H groups in total. The molecular formula is C14H14FNO3S. The summed E-state index contributed by atoms with van der Waals surface area (Å²) in [6.45, 7) is 0.182. The lowest BCUT2D eigenvalue weighted by Crippen LogP contribution is -2.12. The monoisotopic (exact) mass is 295 g/mol. The molecule has 0 saturated carbocycles. The van der Waals surface area contributed by atoms with Gasteiger partial charge in [0.25, 0.3) is 0 Å². The first-order chi connectivity index (χ1) is 9.49. The van der Waals surface area contributed by atoms with Crippen LogP contribution in [0.2, 0.25) is 0 Å². The van der Waals surface area contributed by atoms with Crippen molar-refractivity contribution in [3.63, 3.8) is 0 Å². The second kappa shape index (κ2) is 6.02. The van der Waals surface area contributed by atoms with E-state index in [1.807, 2.05) is 30.3 Å². The third-order valence-electron chi connectivity index (χ3n) is 2.66. The number of nitrogens with two attached hydrogens (primary N) is 1. The van der Waals surface area contributed by atoms with Gasteiger partial charge in [-0.15, -0.1) is 0 Å². The minimum atomic E-state index is -3.69. The number of hydrogen-bond donors (Lipinski definition) is 1. The molecule has 0 spiro atoms. The van der Waals surface area contributed by atoms with Crippen LogP contribution >= 0.6 is 0 Å². The van der Waals surface area contributed by atoms with Gasteiger partial charge in [-0.3, -0.25) is 0 Å². The fourth-order valence-electron chi connectivity index (χ4n) is 1.71. The maximum absolute atomic E-state index is 12.9. The summed E-state index contributed by atoms with van der Waals surface area (Å²) in [5.41, 5.74) is 6.27. The number of rotatable bonds is 5. The van der Waals surface area contributed by atoms with Crippen molar-refractivity contribution < 1.29 is 17.5 Å². The van der Waals surface area contributed by atoms with Crippen LogP contribution in [-0.2, 0) is 21.2 Å². The second-order valence-electron chi connectivity index (χ2n) is 4.25. The van der Waals surface area contributed by atoms with Crippen LogP contribution in [0.3, 0.4) is 0 Å². The van der Waals surface area contributed by atoms with Crippen LogP contribution in [0.5, 0.6) is 0 Å². The SMILES string of the molecule is Nc1cc(F)ccc1S(=O)(=O)COCc1ccccc1. The Morgan fingerprint density at radius 3 is 2.45 bits per heavy atom. The number of hydrogen-bond acceptors (Lipinski definition) is 4. The van der Waals surface area contributed by atoms with E-state index in [9.17, 15) is 12.8 Å². The Labute approximate surface area is 116 Å². The van der Waals surface area contributed by atoms with Gasteiger partial charge in [-0.1, -0.05) is 30.3 Å². The Morgan fingerprint density at radius 1 is 1.10 bits per heavy atom. The van der Waals surface area contributed by atoms with E-state index in [-0.39, 0.29) is 17.2 Å². The maximum atomic E-state index is 12.9. The fraction of sp³-hybridized carbons (Fsp3) is 0.143. The Bertz CT molecular complexity index is 687. The number of halogens is 1. The van der Waals surface area contributed by atoms with Gasteiger partial charge in [-0.05, 0) is 23.8 Å². The van der Waals surface area contributed by atoms with Crippen molar-refractivity contribution in [3.8, 4) is 0 Å². The third-order valence-corrected chi connectivity index (χ3v) is 4.18. The summed E-state index contributed by atoms with van der Waals surface area (Å²) in [6, 6.07) is 12.4. The molecule has 2 rings (SSSR count). The van der Waals surface area contributed by atoms with Crippen LogP contribution in [-0.4, -0.2) is 14.4 Å². The summed E-state index contributed by atoms with van der Waals surface area (Å²) in [4.78, 5) is -0.119. The second-order valence-corrected chi connectivity index (χ2v) is 6.15. The van der Waals surface area contributed by atoms with Gasteiger partial charge in [0.1, 0.15) is 5.82 Å². The van der Waals surface area contributed by atoms with Crippen LogP contribution in [0.15, 0.2) is 53.4 Å². The molecule has 0 aromatic heterocycles. The van der Waals surface area contributed by atoms with Crippen molar-refractivity contribution in [2.24, 2.45) is 0 Å². The summed E-state index contributed by atoms with van der Waals surface area (Å²) in [7, 11) is -3.69. The first-order valence-electron chi connectivity index (χ1n) is 5.88. The topological polar surface area (TPSA) is 69.4 Å². The highest BCUT2D eigenvalue weighted by molar-refractivity contribution is 7.91. The standard InChI is InChI=1S/C14H14FNO3S/c15-12-6-7-14(13(16)8-12)20(17,18)10-19-9-11-4-2-1-3-5-11/h1-8H,9-10,16H2. The molecule has 106 valence electrons. The molecule has 0 aliphatic rings. The van der Waals surface area contributed by atoms with Crippen LogP contribution < -0.4 is 5.73 Å². The molecule has 0 unspecified atom stereocenters. The zero-order valence-corrected chi connectivity index (χ0v) is 11.4.